The first-order chi connectivity index (χ1) is 12.5. The number of aliphatic hydroxyl groups excluding tert-OH is 1. The number of benzene rings is 1. The van der Waals surface area contributed by atoms with Crippen molar-refractivity contribution in [1.29, 1.82) is 5.26 Å². The zero-order valence-corrected chi connectivity index (χ0v) is 14.7. The van der Waals surface area contributed by atoms with Crippen LogP contribution in [0.25, 0.3) is 5.65 Å². The third-order valence-corrected chi connectivity index (χ3v) is 4.39. The molecule has 2 heterocycles. The number of aromatic nitrogens is 3. The molecule has 134 valence electrons. The monoisotopic (exact) mass is 351 g/mol. The minimum absolute atomic E-state index is 0.164. The summed E-state index contributed by atoms with van der Waals surface area (Å²) in [5.74, 6) is 0.164. The van der Waals surface area contributed by atoms with Gasteiger partial charge in [0.2, 0.25) is 0 Å². The average Bonchev–Trinajstić information content (AvgIpc) is 3.05. The van der Waals surface area contributed by atoms with Gasteiger partial charge in [-0.3, -0.25) is 9.89 Å². The van der Waals surface area contributed by atoms with Gasteiger partial charge in [-0.05, 0) is 11.5 Å². The molecule has 3 aromatic rings. The summed E-state index contributed by atoms with van der Waals surface area (Å²) in [6, 6.07) is 12.7. The van der Waals surface area contributed by atoms with Crippen LogP contribution in [-0.2, 0) is 6.54 Å². The van der Waals surface area contributed by atoms with Crippen LogP contribution in [-0.4, -0.2) is 25.7 Å². The number of fused-ring (bicyclic) bond motifs is 1. The molecular formula is C19H21N5O2. The summed E-state index contributed by atoms with van der Waals surface area (Å²) in [5, 5.41) is 25.8. The third kappa shape index (κ3) is 3.52. The lowest BCUT2D eigenvalue weighted by molar-refractivity contribution is 0.104. The fraction of sp³-hybridized carbons (Fsp3) is 0.316. The maximum absolute atomic E-state index is 12.2. The summed E-state index contributed by atoms with van der Waals surface area (Å²) in [4.78, 5) is 16.6. The molecule has 0 spiro atoms. The molecular weight excluding hydrogens is 330 g/mol. The molecule has 1 aromatic carbocycles. The molecule has 0 radical (unpaired) electrons. The number of aliphatic hydroxyl groups is 1. The van der Waals surface area contributed by atoms with Crippen molar-refractivity contribution in [3.05, 3.63) is 69.8 Å². The number of H-pyrrole nitrogens is 1. The fourth-order valence-electron chi connectivity index (χ4n) is 2.99. The van der Waals surface area contributed by atoms with Crippen molar-refractivity contribution in [3.63, 3.8) is 0 Å². The first kappa shape index (κ1) is 17.9. The van der Waals surface area contributed by atoms with Gasteiger partial charge >= 0.3 is 0 Å². The highest BCUT2D eigenvalue weighted by atomic mass is 16.3. The molecule has 0 aliphatic rings. The van der Waals surface area contributed by atoms with Gasteiger partial charge in [-0.15, -0.1) is 0 Å². The van der Waals surface area contributed by atoms with Crippen LogP contribution in [0.3, 0.4) is 0 Å². The molecule has 3 rings (SSSR count). The van der Waals surface area contributed by atoms with E-state index in [4.69, 9.17) is 5.26 Å². The molecule has 2 aromatic heterocycles. The summed E-state index contributed by atoms with van der Waals surface area (Å²) in [6.45, 7) is 4.36. The maximum Gasteiger partial charge on any atom is 0.272 e. The smallest absolute Gasteiger partial charge is 0.272 e. The molecule has 2 atom stereocenters. The first-order valence-corrected chi connectivity index (χ1v) is 8.48. The highest BCUT2D eigenvalue weighted by Crippen LogP contribution is 2.22. The molecule has 7 heteroatoms. The second-order valence-corrected chi connectivity index (χ2v) is 6.55. The second-order valence-electron chi connectivity index (χ2n) is 6.55. The van der Waals surface area contributed by atoms with E-state index in [9.17, 15) is 9.90 Å². The minimum Gasteiger partial charge on any atom is -0.387 e. The number of hydrogen-bond donors (Lipinski definition) is 3. The van der Waals surface area contributed by atoms with Crippen LogP contribution < -0.4 is 10.9 Å². The van der Waals surface area contributed by atoms with Crippen molar-refractivity contribution in [3.8, 4) is 6.07 Å². The van der Waals surface area contributed by atoms with Crippen LogP contribution in [0.5, 0.6) is 0 Å². The molecule has 0 amide bonds. The van der Waals surface area contributed by atoms with E-state index in [1.54, 1.807) is 0 Å². The van der Waals surface area contributed by atoms with E-state index >= 15 is 0 Å². The van der Waals surface area contributed by atoms with E-state index in [0.29, 0.717) is 23.4 Å². The molecule has 0 fully saturated rings. The van der Waals surface area contributed by atoms with E-state index < -0.39 is 6.10 Å². The number of nitrogens with zero attached hydrogens (tertiary/aromatic N) is 3. The maximum atomic E-state index is 12.2. The average molecular weight is 351 g/mol. The van der Waals surface area contributed by atoms with E-state index in [0.717, 1.165) is 5.56 Å². The molecule has 0 aliphatic heterocycles. The molecule has 0 aliphatic carbocycles. The van der Waals surface area contributed by atoms with Crippen molar-refractivity contribution in [2.75, 3.05) is 0 Å². The Bertz CT molecular complexity index is 985. The van der Waals surface area contributed by atoms with Gasteiger partial charge < -0.3 is 10.4 Å². The van der Waals surface area contributed by atoms with Crippen molar-refractivity contribution in [1.82, 2.24) is 19.9 Å². The van der Waals surface area contributed by atoms with Crippen molar-refractivity contribution in [2.45, 2.75) is 32.5 Å². The Labute approximate surface area is 150 Å². The van der Waals surface area contributed by atoms with Gasteiger partial charge in [0.25, 0.3) is 5.56 Å². The summed E-state index contributed by atoms with van der Waals surface area (Å²) < 4.78 is 1.24. The fourth-order valence-corrected chi connectivity index (χ4v) is 2.99. The van der Waals surface area contributed by atoms with E-state index in [-0.39, 0.29) is 17.5 Å². The van der Waals surface area contributed by atoms with Crippen LogP contribution in [0.15, 0.2) is 47.4 Å². The lowest BCUT2D eigenvalue weighted by Crippen LogP contribution is -2.39. The predicted octanol–water partition coefficient (Wildman–Crippen LogP) is 1.74. The standard InChI is InChI=1S/C19H21N5O2/c1-12(2)17(18(26)13-6-4-3-5-7-13)21-11-15-8-16(25)24-19(23-15)14(9-20)10-22-24/h3-8,10,12,17-18,21-22,26H,11H2,1-2H3. The molecule has 0 saturated heterocycles. The zero-order valence-electron chi connectivity index (χ0n) is 14.7. The second kappa shape index (κ2) is 7.52. The zero-order chi connectivity index (χ0) is 18.7. The quantitative estimate of drug-likeness (QED) is 0.627. The number of nitriles is 1. The Morgan fingerprint density at radius 2 is 2.08 bits per heavy atom. The van der Waals surface area contributed by atoms with Crippen LogP contribution in [0, 0.1) is 17.2 Å². The van der Waals surface area contributed by atoms with E-state index in [1.165, 1.54) is 16.8 Å². The molecule has 7 nitrogen and oxygen atoms in total. The van der Waals surface area contributed by atoms with Gasteiger partial charge in [0, 0.05) is 24.8 Å². The summed E-state index contributed by atoms with van der Waals surface area (Å²) in [5.41, 5.74) is 1.70. The highest BCUT2D eigenvalue weighted by Gasteiger charge is 2.23. The largest absolute Gasteiger partial charge is 0.387 e. The van der Waals surface area contributed by atoms with Gasteiger partial charge in [0.15, 0.2) is 5.65 Å². The van der Waals surface area contributed by atoms with Gasteiger partial charge in [-0.25, -0.2) is 9.50 Å². The van der Waals surface area contributed by atoms with Crippen LogP contribution in [0.2, 0.25) is 0 Å². The first-order valence-electron chi connectivity index (χ1n) is 8.48. The summed E-state index contributed by atoms with van der Waals surface area (Å²) in [6.07, 6.45) is 0.778. The normalized spacial score (nSPS) is 13.7. The van der Waals surface area contributed by atoms with E-state index in [1.807, 2.05) is 50.2 Å². The number of nitrogens with one attached hydrogen (secondary N) is 2. The molecule has 2 unspecified atom stereocenters. The summed E-state index contributed by atoms with van der Waals surface area (Å²) in [7, 11) is 0. The topological polar surface area (TPSA) is 106 Å². The van der Waals surface area contributed by atoms with Crippen molar-refractivity contribution in [2.24, 2.45) is 5.92 Å². The molecule has 3 N–H and O–H groups in total. The minimum atomic E-state index is -0.678. The SMILES string of the molecule is CC(C)C(NCc1cc(=O)n2[nH]cc(C#N)c2n1)C(O)c1ccccc1. The van der Waals surface area contributed by atoms with Crippen molar-refractivity contribution >= 4 is 5.65 Å². The van der Waals surface area contributed by atoms with Crippen LogP contribution in [0.1, 0.15) is 36.8 Å². The van der Waals surface area contributed by atoms with Gasteiger partial charge in [0.05, 0.1) is 11.8 Å². The number of hydrogen-bond acceptors (Lipinski definition) is 5. The van der Waals surface area contributed by atoms with Gasteiger partial charge in [0.1, 0.15) is 11.6 Å². The Hall–Kier alpha value is -2.95. The number of rotatable bonds is 6. The number of aromatic amines is 1. The lowest BCUT2D eigenvalue weighted by Gasteiger charge is -2.28. The predicted molar refractivity (Wildman–Crippen MR) is 97.4 cm³/mol. The van der Waals surface area contributed by atoms with Crippen molar-refractivity contribution < 1.29 is 5.11 Å². The highest BCUT2D eigenvalue weighted by molar-refractivity contribution is 5.53. The Morgan fingerprint density at radius 1 is 1.35 bits per heavy atom. The Kier molecular flexibility index (Phi) is 5.16. The van der Waals surface area contributed by atoms with E-state index in [2.05, 4.69) is 15.4 Å². The molecule has 0 saturated carbocycles. The Morgan fingerprint density at radius 3 is 2.73 bits per heavy atom. The molecule has 0 bridgehead atoms. The Balaban J connectivity index is 1.83. The van der Waals surface area contributed by atoms with Crippen LogP contribution in [0.4, 0.5) is 0 Å². The third-order valence-electron chi connectivity index (χ3n) is 4.39. The lowest BCUT2D eigenvalue weighted by atomic mass is 9.93. The summed E-state index contributed by atoms with van der Waals surface area (Å²) >= 11 is 0. The van der Waals surface area contributed by atoms with Gasteiger partial charge in [-0.2, -0.15) is 5.26 Å². The van der Waals surface area contributed by atoms with Gasteiger partial charge in [-0.1, -0.05) is 44.2 Å². The van der Waals surface area contributed by atoms with Crippen LogP contribution >= 0.6 is 0 Å². The molecule has 26 heavy (non-hydrogen) atoms.